The summed E-state index contributed by atoms with van der Waals surface area (Å²) in [5.41, 5.74) is 0. The van der Waals surface area contributed by atoms with Gasteiger partial charge < -0.3 is 14.2 Å². The fraction of sp³-hybridized carbons (Fsp3) is 0.941. The molecule has 0 aromatic heterocycles. The molecule has 0 bridgehead atoms. The van der Waals surface area contributed by atoms with Gasteiger partial charge >= 0.3 is 17.9 Å². The zero-order valence-corrected chi connectivity index (χ0v) is 38.8. The third kappa shape index (κ3) is 45.3. The van der Waals surface area contributed by atoms with Crippen molar-refractivity contribution in [3.8, 4) is 0 Å². The fourth-order valence-corrected chi connectivity index (χ4v) is 7.69. The van der Waals surface area contributed by atoms with E-state index in [2.05, 4.69) is 27.7 Å². The highest BCUT2D eigenvalue weighted by molar-refractivity contribution is 5.71. The van der Waals surface area contributed by atoms with E-state index in [0.717, 1.165) is 63.7 Å². The van der Waals surface area contributed by atoms with Gasteiger partial charge in [-0.15, -0.1) is 0 Å². The summed E-state index contributed by atoms with van der Waals surface area (Å²) in [7, 11) is 0. The lowest BCUT2D eigenvalue weighted by Gasteiger charge is -2.18. The summed E-state index contributed by atoms with van der Waals surface area (Å²) in [6.07, 6.45) is 46.5. The van der Waals surface area contributed by atoms with Crippen LogP contribution in [0, 0.1) is 5.92 Å². The number of ether oxygens (including phenoxy) is 3. The normalized spacial score (nSPS) is 11.9. The molecular formula is C51H98O6. The van der Waals surface area contributed by atoms with Gasteiger partial charge in [0.25, 0.3) is 0 Å². The molecule has 0 fully saturated rings. The van der Waals surface area contributed by atoms with Crippen LogP contribution in [-0.4, -0.2) is 37.2 Å². The molecule has 0 saturated heterocycles. The highest BCUT2D eigenvalue weighted by Crippen LogP contribution is 2.17. The standard InChI is InChI=1S/C51H98O6/c1-5-7-9-11-13-15-17-23-27-31-35-39-43-50(53)56-46-48(45-55-49(52)42-38-34-30-26-21-16-14-12-10-8-6-2)57-51(54)44-40-36-32-28-24-20-18-19-22-25-29-33-37-41-47(3)4/h47-48H,5-46H2,1-4H3/t48-/m1/s1. The van der Waals surface area contributed by atoms with Gasteiger partial charge in [0.2, 0.25) is 0 Å². The zero-order valence-electron chi connectivity index (χ0n) is 38.8. The van der Waals surface area contributed by atoms with E-state index in [1.165, 1.54) is 180 Å². The highest BCUT2D eigenvalue weighted by Gasteiger charge is 2.19. The van der Waals surface area contributed by atoms with E-state index in [-0.39, 0.29) is 31.1 Å². The summed E-state index contributed by atoms with van der Waals surface area (Å²) in [6, 6.07) is 0. The van der Waals surface area contributed by atoms with Crippen molar-refractivity contribution < 1.29 is 28.6 Å². The minimum atomic E-state index is -0.760. The van der Waals surface area contributed by atoms with Crippen molar-refractivity contribution in [2.24, 2.45) is 5.92 Å². The third-order valence-electron chi connectivity index (χ3n) is 11.5. The van der Waals surface area contributed by atoms with Gasteiger partial charge in [-0.1, -0.05) is 246 Å². The van der Waals surface area contributed by atoms with Crippen LogP contribution in [0.15, 0.2) is 0 Å². The van der Waals surface area contributed by atoms with Crippen LogP contribution >= 0.6 is 0 Å². The summed E-state index contributed by atoms with van der Waals surface area (Å²) in [6.45, 7) is 9.02. The summed E-state index contributed by atoms with van der Waals surface area (Å²) in [5.74, 6) is -0.00787. The van der Waals surface area contributed by atoms with E-state index >= 15 is 0 Å². The number of hydrogen-bond donors (Lipinski definition) is 0. The average Bonchev–Trinajstić information content (AvgIpc) is 3.19. The Kier molecular flexibility index (Phi) is 44.2. The first-order valence-corrected chi connectivity index (χ1v) is 25.4. The first-order valence-electron chi connectivity index (χ1n) is 25.4. The van der Waals surface area contributed by atoms with E-state index < -0.39 is 6.10 Å². The molecular weight excluding hydrogens is 709 g/mol. The largest absolute Gasteiger partial charge is 0.462 e. The van der Waals surface area contributed by atoms with Crippen molar-refractivity contribution in [2.75, 3.05) is 13.2 Å². The van der Waals surface area contributed by atoms with Crippen molar-refractivity contribution in [1.29, 1.82) is 0 Å². The summed E-state index contributed by atoms with van der Waals surface area (Å²) >= 11 is 0. The Morgan fingerprint density at radius 2 is 0.579 bits per heavy atom. The van der Waals surface area contributed by atoms with Gasteiger partial charge in [0.1, 0.15) is 13.2 Å². The smallest absolute Gasteiger partial charge is 0.306 e. The molecule has 0 unspecified atom stereocenters. The molecule has 0 amide bonds. The molecule has 0 aliphatic heterocycles. The van der Waals surface area contributed by atoms with Crippen molar-refractivity contribution in [3.63, 3.8) is 0 Å². The van der Waals surface area contributed by atoms with Crippen LogP contribution in [0.25, 0.3) is 0 Å². The maximum Gasteiger partial charge on any atom is 0.306 e. The number of carbonyl (C=O) groups is 3. The predicted octanol–water partition coefficient (Wildman–Crippen LogP) is 16.3. The molecule has 0 aliphatic rings. The van der Waals surface area contributed by atoms with Gasteiger partial charge in [-0.2, -0.15) is 0 Å². The van der Waals surface area contributed by atoms with Gasteiger partial charge in [-0.05, 0) is 25.2 Å². The molecule has 0 spiro atoms. The van der Waals surface area contributed by atoms with Crippen LogP contribution in [0.4, 0.5) is 0 Å². The molecule has 0 aliphatic carbocycles. The molecule has 0 saturated carbocycles. The first kappa shape index (κ1) is 55.4. The second kappa shape index (κ2) is 45.5. The molecule has 6 heteroatoms. The Morgan fingerprint density at radius 3 is 0.860 bits per heavy atom. The molecule has 0 aromatic carbocycles. The Labute approximate surface area is 355 Å². The van der Waals surface area contributed by atoms with Crippen LogP contribution < -0.4 is 0 Å². The monoisotopic (exact) mass is 807 g/mol. The van der Waals surface area contributed by atoms with Gasteiger partial charge in [-0.3, -0.25) is 14.4 Å². The van der Waals surface area contributed by atoms with Crippen molar-refractivity contribution >= 4 is 17.9 Å². The lowest BCUT2D eigenvalue weighted by Crippen LogP contribution is -2.30. The molecule has 338 valence electrons. The van der Waals surface area contributed by atoms with Gasteiger partial charge in [0.15, 0.2) is 6.10 Å². The molecule has 0 aromatic rings. The van der Waals surface area contributed by atoms with E-state index in [0.29, 0.717) is 19.3 Å². The zero-order chi connectivity index (χ0) is 41.7. The third-order valence-corrected chi connectivity index (χ3v) is 11.5. The van der Waals surface area contributed by atoms with E-state index in [1.807, 2.05) is 0 Å². The lowest BCUT2D eigenvalue weighted by atomic mass is 10.0. The van der Waals surface area contributed by atoms with Crippen molar-refractivity contribution in [3.05, 3.63) is 0 Å². The molecule has 57 heavy (non-hydrogen) atoms. The maximum atomic E-state index is 12.8. The predicted molar refractivity (Wildman–Crippen MR) is 243 cm³/mol. The van der Waals surface area contributed by atoms with Crippen LogP contribution in [0.3, 0.4) is 0 Å². The average molecular weight is 807 g/mol. The quantitative estimate of drug-likeness (QED) is 0.0346. The van der Waals surface area contributed by atoms with Crippen molar-refractivity contribution in [2.45, 2.75) is 291 Å². The van der Waals surface area contributed by atoms with Gasteiger partial charge in [-0.25, -0.2) is 0 Å². The maximum absolute atomic E-state index is 12.8. The Hall–Kier alpha value is -1.59. The van der Waals surface area contributed by atoms with E-state index in [9.17, 15) is 14.4 Å². The van der Waals surface area contributed by atoms with E-state index in [1.54, 1.807) is 0 Å². The summed E-state index contributed by atoms with van der Waals surface area (Å²) < 4.78 is 16.8. The van der Waals surface area contributed by atoms with Crippen LogP contribution in [0.1, 0.15) is 285 Å². The second-order valence-electron chi connectivity index (χ2n) is 17.9. The fourth-order valence-electron chi connectivity index (χ4n) is 7.69. The summed E-state index contributed by atoms with van der Waals surface area (Å²) in [5, 5.41) is 0. The van der Waals surface area contributed by atoms with Crippen molar-refractivity contribution in [1.82, 2.24) is 0 Å². The molecule has 0 radical (unpaired) electrons. The molecule has 6 nitrogen and oxygen atoms in total. The first-order chi connectivity index (χ1) is 27.9. The minimum Gasteiger partial charge on any atom is -0.462 e. The Balaban J connectivity index is 4.30. The van der Waals surface area contributed by atoms with E-state index in [4.69, 9.17) is 14.2 Å². The van der Waals surface area contributed by atoms with Crippen LogP contribution in [0.2, 0.25) is 0 Å². The number of esters is 3. The number of unbranched alkanes of at least 4 members (excludes halogenated alkanes) is 33. The van der Waals surface area contributed by atoms with Crippen LogP contribution in [-0.2, 0) is 28.6 Å². The van der Waals surface area contributed by atoms with Gasteiger partial charge in [0, 0.05) is 19.3 Å². The highest BCUT2D eigenvalue weighted by atomic mass is 16.6. The minimum absolute atomic E-state index is 0.0628. The second-order valence-corrected chi connectivity index (χ2v) is 17.9. The SMILES string of the molecule is CCCCCCCCCCCCCCC(=O)OC[C@@H](COC(=O)CCCCCCCCCCCCC)OC(=O)CCCCCCCCCCCCCCCC(C)C. The van der Waals surface area contributed by atoms with Crippen LogP contribution in [0.5, 0.6) is 0 Å². The summed E-state index contributed by atoms with van der Waals surface area (Å²) in [4.78, 5) is 37.9. The Morgan fingerprint density at radius 1 is 0.333 bits per heavy atom. The molecule has 0 heterocycles. The lowest BCUT2D eigenvalue weighted by molar-refractivity contribution is -0.167. The molecule has 1 atom stereocenters. The van der Waals surface area contributed by atoms with Gasteiger partial charge in [0.05, 0.1) is 0 Å². The number of hydrogen-bond acceptors (Lipinski definition) is 6. The topological polar surface area (TPSA) is 78.9 Å². The number of carbonyl (C=O) groups excluding carboxylic acids is 3. The molecule has 0 N–H and O–H groups in total. The number of rotatable bonds is 46. The molecule has 0 rings (SSSR count). The Bertz CT molecular complexity index is 857.